The maximum Gasteiger partial charge on any atom is 0.0724 e. The van der Waals surface area contributed by atoms with E-state index in [9.17, 15) is 4.21 Å². The summed E-state index contributed by atoms with van der Waals surface area (Å²) in [6.45, 7) is 1.13. The Morgan fingerprint density at radius 2 is 1.73 bits per heavy atom. The maximum atomic E-state index is 13.1. The molecule has 2 aromatic carbocycles. The molecule has 0 amide bonds. The van der Waals surface area contributed by atoms with Crippen molar-refractivity contribution in [2.75, 3.05) is 32.2 Å². The van der Waals surface area contributed by atoms with Gasteiger partial charge in [-0.1, -0.05) is 29.3 Å². The van der Waals surface area contributed by atoms with Gasteiger partial charge in [-0.15, -0.1) is 0 Å². The van der Waals surface area contributed by atoms with Crippen molar-refractivity contribution in [3.63, 3.8) is 0 Å². The summed E-state index contributed by atoms with van der Waals surface area (Å²) in [5.41, 5.74) is 3.65. The van der Waals surface area contributed by atoms with E-state index in [4.69, 9.17) is 23.2 Å². The average molecular weight is 505 g/mol. The number of anilines is 1. The van der Waals surface area contributed by atoms with Gasteiger partial charge >= 0.3 is 0 Å². The number of fused-ring (bicyclic) bond motifs is 1. The van der Waals surface area contributed by atoms with Crippen molar-refractivity contribution in [3.05, 3.63) is 52.6 Å². The third-order valence-corrected chi connectivity index (χ3v) is 7.99. The molecular formula is C26H31Cl2N3OS. The zero-order valence-electron chi connectivity index (χ0n) is 19.4. The summed E-state index contributed by atoms with van der Waals surface area (Å²) < 4.78 is 13.1. The van der Waals surface area contributed by atoms with Gasteiger partial charge in [-0.3, -0.25) is 9.19 Å². The zero-order chi connectivity index (χ0) is 23.8. The molecule has 1 atom stereocenters. The van der Waals surface area contributed by atoms with Crippen LogP contribution in [0.5, 0.6) is 0 Å². The summed E-state index contributed by atoms with van der Waals surface area (Å²) in [5, 5.41) is 5.87. The first kappa shape index (κ1) is 24.3. The van der Waals surface area contributed by atoms with Crippen LogP contribution in [0.2, 0.25) is 10.0 Å². The van der Waals surface area contributed by atoms with Gasteiger partial charge in [0, 0.05) is 40.5 Å². The lowest BCUT2D eigenvalue weighted by Crippen LogP contribution is -2.31. The van der Waals surface area contributed by atoms with Gasteiger partial charge < -0.3 is 10.2 Å². The lowest BCUT2D eigenvalue weighted by molar-refractivity contribution is 0.255. The third-order valence-electron chi connectivity index (χ3n) is 6.31. The van der Waals surface area contributed by atoms with Gasteiger partial charge in [-0.25, -0.2) is 0 Å². The minimum Gasteiger partial charge on any atom is -0.381 e. The van der Waals surface area contributed by atoms with Crippen LogP contribution in [0.25, 0.3) is 22.0 Å². The molecule has 1 aliphatic rings. The van der Waals surface area contributed by atoms with Crippen LogP contribution < -0.4 is 5.32 Å². The highest BCUT2D eigenvalue weighted by Gasteiger charge is 2.24. The van der Waals surface area contributed by atoms with Gasteiger partial charge in [0.25, 0.3) is 0 Å². The molecule has 4 rings (SSSR count). The topological polar surface area (TPSA) is 45.2 Å². The molecule has 1 aromatic heterocycles. The van der Waals surface area contributed by atoms with Crippen molar-refractivity contribution >= 4 is 55.2 Å². The summed E-state index contributed by atoms with van der Waals surface area (Å²) >= 11 is 12.5. The van der Waals surface area contributed by atoms with E-state index < -0.39 is 9.52 Å². The molecule has 7 heteroatoms. The van der Waals surface area contributed by atoms with E-state index in [1.807, 2.05) is 24.3 Å². The monoisotopic (exact) mass is 503 g/mol. The maximum absolute atomic E-state index is 13.1. The minimum atomic E-state index is -2.47. The SMILES string of the molecule is C=S(C)(=O)c1cnc2ccc(-c3cc(Cl)cc(Cl)c3)cc2c1NC1CCC(CN(C)C)CC1. The number of pyridine rings is 1. The summed E-state index contributed by atoms with van der Waals surface area (Å²) in [4.78, 5) is 7.54. The molecule has 3 aromatic rings. The van der Waals surface area contributed by atoms with Gasteiger partial charge in [0.1, 0.15) is 0 Å². The third kappa shape index (κ3) is 5.83. The highest BCUT2D eigenvalue weighted by Crippen LogP contribution is 2.36. The van der Waals surface area contributed by atoms with Crippen LogP contribution >= 0.6 is 23.2 Å². The molecule has 1 aliphatic carbocycles. The lowest BCUT2D eigenvalue weighted by atomic mass is 9.85. The standard InChI is InChI=1S/C26H31Cl2N3OS/c1-31(2)16-17-5-8-22(9-6-17)30-26-23-13-18(19-11-20(27)14-21(28)12-19)7-10-24(23)29-15-25(26)33(3,4)32/h7,10-15,17,22H,3,5-6,8-9,16H2,1-2,4H3,(H,29,30). The number of nitrogens with one attached hydrogen (secondary N) is 1. The van der Waals surface area contributed by atoms with Gasteiger partial charge in [0.2, 0.25) is 0 Å². The number of aromatic nitrogens is 1. The Balaban J connectivity index is 1.74. The predicted molar refractivity (Wildman–Crippen MR) is 145 cm³/mol. The first-order valence-corrected chi connectivity index (χ1v) is 14.1. The van der Waals surface area contributed by atoms with Crippen LogP contribution in [0, 0.1) is 5.92 Å². The van der Waals surface area contributed by atoms with Crippen molar-refractivity contribution < 1.29 is 4.21 Å². The molecule has 33 heavy (non-hydrogen) atoms. The molecule has 1 heterocycles. The first-order valence-electron chi connectivity index (χ1n) is 11.2. The van der Waals surface area contributed by atoms with Crippen molar-refractivity contribution in [1.29, 1.82) is 0 Å². The fourth-order valence-electron chi connectivity index (χ4n) is 4.76. The van der Waals surface area contributed by atoms with Crippen LogP contribution in [-0.2, 0) is 9.52 Å². The number of nitrogens with zero attached hydrogens (tertiary/aromatic N) is 2. The molecule has 1 fully saturated rings. The van der Waals surface area contributed by atoms with Gasteiger partial charge in [-0.2, -0.15) is 0 Å². The molecule has 4 nitrogen and oxygen atoms in total. The molecule has 0 bridgehead atoms. The van der Waals surface area contributed by atoms with Crippen molar-refractivity contribution in [1.82, 2.24) is 9.88 Å². The second kappa shape index (κ2) is 9.83. The number of hydrogen-bond acceptors (Lipinski definition) is 4. The Labute approximate surface area is 207 Å². The second-order valence-electron chi connectivity index (χ2n) is 9.52. The largest absolute Gasteiger partial charge is 0.381 e. The zero-order valence-corrected chi connectivity index (χ0v) is 21.7. The Kier molecular flexibility index (Phi) is 7.25. The molecule has 0 spiro atoms. The summed E-state index contributed by atoms with van der Waals surface area (Å²) in [7, 11) is 1.80. The summed E-state index contributed by atoms with van der Waals surface area (Å²) in [6.07, 6.45) is 7.95. The van der Waals surface area contributed by atoms with Gasteiger partial charge in [0.05, 0.1) is 16.1 Å². The molecule has 1 N–H and O–H groups in total. The molecule has 0 aliphatic heterocycles. The highest BCUT2D eigenvalue weighted by atomic mass is 35.5. The van der Waals surface area contributed by atoms with E-state index in [2.05, 4.69) is 41.2 Å². The minimum absolute atomic E-state index is 0.332. The first-order chi connectivity index (χ1) is 15.6. The highest BCUT2D eigenvalue weighted by molar-refractivity contribution is 7.99. The van der Waals surface area contributed by atoms with Crippen molar-refractivity contribution in [2.24, 2.45) is 5.92 Å². The van der Waals surface area contributed by atoms with E-state index in [1.54, 1.807) is 18.5 Å². The summed E-state index contributed by atoms with van der Waals surface area (Å²) in [6, 6.07) is 11.9. The smallest absolute Gasteiger partial charge is 0.0724 e. The van der Waals surface area contributed by atoms with Crippen LogP contribution in [-0.4, -0.2) is 52.9 Å². The molecule has 0 radical (unpaired) electrons. The van der Waals surface area contributed by atoms with Crippen LogP contribution in [0.4, 0.5) is 5.69 Å². The van der Waals surface area contributed by atoms with Crippen LogP contribution in [0.15, 0.2) is 47.5 Å². The van der Waals surface area contributed by atoms with Gasteiger partial charge in [-0.05, 0) is 103 Å². The van der Waals surface area contributed by atoms with E-state index in [0.29, 0.717) is 21.0 Å². The Bertz CT molecular complexity index is 1250. The number of benzene rings is 2. The molecule has 0 saturated heterocycles. The molecular weight excluding hydrogens is 473 g/mol. The van der Waals surface area contributed by atoms with Crippen molar-refractivity contribution in [2.45, 2.75) is 36.6 Å². The Morgan fingerprint density at radius 1 is 1.06 bits per heavy atom. The number of halogens is 2. The molecule has 1 saturated carbocycles. The quantitative estimate of drug-likeness (QED) is 0.392. The summed E-state index contributed by atoms with van der Waals surface area (Å²) in [5.74, 6) is 4.69. The molecule has 1 unspecified atom stereocenters. The van der Waals surface area contributed by atoms with E-state index in [1.165, 1.54) is 12.8 Å². The van der Waals surface area contributed by atoms with E-state index in [-0.39, 0.29) is 0 Å². The molecule has 176 valence electrons. The van der Waals surface area contributed by atoms with E-state index in [0.717, 1.165) is 53.0 Å². The van der Waals surface area contributed by atoms with Crippen molar-refractivity contribution in [3.8, 4) is 11.1 Å². The lowest BCUT2D eigenvalue weighted by Gasteiger charge is -2.32. The number of hydrogen-bond donors (Lipinski definition) is 1. The predicted octanol–water partition coefficient (Wildman–Crippen LogP) is 6.45. The normalized spacial score (nSPS) is 20.7. The Hall–Kier alpha value is -1.79. The fourth-order valence-corrected chi connectivity index (χ4v) is 6.16. The number of rotatable bonds is 6. The van der Waals surface area contributed by atoms with Crippen LogP contribution in [0.1, 0.15) is 25.7 Å². The van der Waals surface area contributed by atoms with E-state index >= 15 is 0 Å². The fraction of sp³-hybridized carbons (Fsp3) is 0.385. The van der Waals surface area contributed by atoms with Gasteiger partial charge in [0.15, 0.2) is 0 Å². The Morgan fingerprint density at radius 3 is 2.33 bits per heavy atom. The van der Waals surface area contributed by atoms with Crippen LogP contribution in [0.3, 0.4) is 0 Å². The second-order valence-corrected chi connectivity index (χ2v) is 12.8. The average Bonchev–Trinajstić information content (AvgIpc) is 2.73.